The molecule has 0 atom stereocenters. The number of rotatable bonds is 48. The first kappa shape index (κ1) is 60.2. The summed E-state index contributed by atoms with van der Waals surface area (Å²) in [6.07, 6.45) is 61.9. The van der Waals surface area contributed by atoms with Gasteiger partial charge in [0.25, 0.3) is 0 Å². The normalized spacial score (nSPS) is 11.8. The van der Waals surface area contributed by atoms with E-state index in [1.54, 1.807) is 0 Å². The zero-order valence-corrected chi connectivity index (χ0v) is 46.5. The highest BCUT2D eigenvalue weighted by molar-refractivity contribution is 7.85. The molecule has 2 heteroatoms. The second kappa shape index (κ2) is 42.6. The highest BCUT2D eigenvalue weighted by Gasteiger charge is 2.30. The molecule has 1 nitrogen and oxygen atoms in total. The first-order valence-electron chi connectivity index (χ1n) is 30.5. The third-order valence-corrected chi connectivity index (χ3v) is 18.4. The lowest BCUT2D eigenvalue weighted by Gasteiger charge is -2.21. The molecule has 0 unspecified atom stereocenters. The zero-order chi connectivity index (χ0) is 48.3. The molecule has 0 aliphatic carbocycles. The first-order valence-corrected chi connectivity index (χ1v) is 32.2. The molecule has 3 aromatic carbocycles. The summed E-state index contributed by atoms with van der Waals surface area (Å²) in [5, 5.41) is 2.92. The van der Waals surface area contributed by atoms with Crippen LogP contribution in [0.4, 0.5) is 0 Å². The van der Waals surface area contributed by atoms with Crippen molar-refractivity contribution in [2.45, 2.75) is 310 Å². The van der Waals surface area contributed by atoms with Crippen LogP contribution in [0.2, 0.25) is 0 Å². The van der Waals surface area contributed by atoms with Crippen molar-refractivity contribution in [3.8, 4) is 0 Å². The Morgan fingerprint density at radius 1 is 0.221 bits per heavy atom. The Balaban J connectivity index is 1.46. The molecule has 0 saturated carbocycles. The molecule has 0 aliphatic heterocycles. The SMILES string of the molecule is CCCCCCCCCCCCCCCCc1ccc(P(=O)(c2ccc(CCCCCCCCCCCCCCCC)cc2)c2ccc(CCCCCCCCCCCCCCCC)cc2)cc1. The molecule has 3 rings (SSSR count). The Morgan fingerprint density at radius 2 is 0.368 bits per heavy atom. The minimum atomic E-state index is -3.02. The Labute approximate surface area is 424 Å². The Hall–Kier alpha value is -2.11. The van der Waals surface area contributed by atoms with Crippen LogP contribution in [-0.2, 0) is 23.8 Å². The van der Waals surface area contributed by atoms with E-state index in [2.05, 4.69) is 93.6 Å². The van der Waals surface area contributed by atoms with E-state index < -0.39 is 7.14 Å². The van der Waals surface area contributed by atoms with Crippen LogP contribution >= 0.6 is 7.14 Å². The molecular formula is C66H111OP. The molecule has 0 radical (unpaired) electrons. The van der Waals surface area contributed by atoms with E-state index in [-0.39, 0.29) is 0 Å². The van der Waals surface area contributed by atoms with Gasteiger partial charge in [-0.15, -0.1) is 0 Å². The molecule has 68 heavy (non-hydrogen) atoms. The van der Waals surface area contributed by atoms with Crippen molar-refractivity contribution in [2.75, 3.05) is 0 Å². The second-order valence-electron chi connectivity index (χ2n) is 21.6. The van der Waals surface area contributed by atoms with E-state index in [1.807, 2.05) is 0 Å². The fraction of sp³-hybridized carbons (Fsp3) is 0.727. The van der Waals surface area contributed by atoms with E-state index in [1.165, 1.54) is 286 Å². The second-order valence-corrected chi connectivity index (χ2v) is 24.4. The van der Waals surface area contributed by atoms with Crippen molar-refractivity contribution in [3.63, 3.8) is 0 Å². The van der Waals surface area contributed by atoms with Gasteiger partial charge in [-0.25, -0.2) is 0 Å². The van der Waals surface area contributed by atoms with Crippen LogP contribution in [0.3, 0.4) is 0 Å². The largest absolute Gasteiger partial charge is 0.309 e. The van der Waals surface area contributed by atoms with Gasteiger partial charge in [0.05, 0.1) is 0 Å². The minimum Gasteiger partial charge on any atom is -0.309 e. The lowest BCUT2D eigenvalue weighted by molar-refractivity contribution is 0.535. The fourth-order valence-corrected chi connectivity index (χ4v) is 13.2. The van der Waals surface area contributed by atoms with Gasteiger partial charge in [0, 0.05) is 15.9 Å². The maximum atomic E-state index is 15.6. The van der Waals surface area contributed by atoms with E-state index in [9.17, 15) is 0 Å². The van der Waals surface area contributed by atoms with Crippen LogP contribution in [0.25, 0.3) is 0 Å². The third-order valence-electron chi connectivity index (χ3n) is 15.4. The van der Waals surface area contributed by atoms with Crippen LogP contribution in [0.15, 0.2) is 72.8 Å². The molecule has 0 fully saturated rings. The van der Waals surface area contributed by atoms with Gasteiger partial charge in [-0.3, -0.25) is 0 Å². The molecule has 386 valence electrons. The van der Waals surface area contributed by atoms with Gasteiger partial charge in [-0.1, -0.05) is 344 Å². The molecular weight excluding hydrogens is 840 g/mol. The Bertz CT molecular complexity index is 1380. The maximum Gasteiger partial charge on any atom is 0.171 e. The van der Waals surface area contributed by atoms with Crippen LogP contribution in [0.5, 0.6) is 0 Å². The molecule has 0 amide bonds. The van der Waals surface area contributed by atoms with Crippen LogP contribution < -0.4 is 15.9 Å². The molecule has 3 aromatic rings. The quantitative estimate of drug-likeness (QED) is 0.0407. The van der Waals surface area contributed by atoms with E-state index >= 15 is 4.57 Å². The predicted molar refractivity (Wildman–Crippen MR) is 308 cm³/mol. The Morgan fingerprint density at radius 3 is 0.529 bits per heavy atom. The summed E-state index contributed by atoms with van der Waals surface area (Å²) in [5.74, 6) is 0. The summed E-state index contributed by atoms with van der Waals surface area (Å²) in [6, 6.07) is 26.9. The molecule has 0 saturated heterocycles. The number of hydrogen-bond donors (Lipinski definition) is 0. The summed E-state index contributed by atoms with van der Waals surface area (Å²) in [4.78, 5) is 0. The smallest absolute Gasteiger partial charge is 0.171 e. The van der Waals surface area contributed by atoms with Crippen molar-refractivity contribution in [2.24, 2.45) is 0 Å². The maximum absolute atomic E-state index is 15.6. The van der Waals surface area contributed by atoms with Gasteiger partial charge in [0.15, 0.2) is 7.14 Å². The van der Waals surface area contributed by atoms with Crippen molar-refractivity contribution < 1.29 is 4.57 Å². The van der Waals surface area contributed by atoms with Crippen LogP contribution in [0, 0.1) is 0 Å². The van der Waals surface area contributed by atoms with Crippen molar-refractivity contribution in [3.05, 3.63) is 89.5 Å². The monoisotopic (exact) mass is 951 g/mol. The van der Waals surface area contributed by atoms with Crippen molar-refractivity contribution in [1.29, 1.82) is 0 Å². The standard InChI is InChI=1S/C66H111OP/c1-4-7-10-13-16-19-22-25-28-31-34-37-40-43-46-61-49-55-64(56-50-61)68(67,65-57-51-62(52-58-65)47-44-41-38-35-32-29-26-23-20-17-14-11-8-5-2)66-59-53-63(54-60-66)48-45-42-39-36-33-30-27-24-21-18-15-12-9-6-3/h49-60H,4-48H2,1-3H3. The summed E-state index contributed by atoms with van der Waals surface area (Å²) in [5.41, 5.74) is 4.14. The van der Waals surface area contributed by atoms with E-state index in [4.69, 9.17) is 0 Å². The summed E-state index contributed by atoms with van der Waals surface area (Å²) < 4.78 is 15.6. The van der Waals surface area contributed by atoms with E-state index in [0.717, 1.165) is 35.2 Å². The number of aryl methyl sites for hydroxylation is 3. The van der Waals surface area contributed by atoms with Crippen molar-refractivity contribution >= 4 is 23.1 Å². The summed E-state index contributed by atoms with van der Waals surface area (Å²) in [6.45, 7) is 6.91. The Kier molecular flexibility index (Phi) is 37.7. The average molecular weight is 952 g/mol. The third kappa shape index (κ3) is 28.7. The lowest BCUT2D eigenvalue weighted by Crippen LogP contribution is -2.25. The lowest BCUT2D eigenvalue weighted by atomic mass is 10.0. The topological polar surface area (TPSA) is 17.1 Å². The van der Waals surface area contributed by atoms with E-state index in [0.29, 0.717) is 0 Å². The summed E-state index contributed by atoms with van der Waals surface area (Å²) in [7, 11) is -3.02. The van der Waals surface area contributed by atoms with Gasteiger partial charge in [-0.05, 0) is 55.2 Å². The van der Waals surface area contributed by atoms with Crippen LogP contribution in [0.1, 0.15) is 307 Å². The summed E-state index contributed by atoms with van der Waals surface area (Å²) >= 11 is 0. The van der Waals surface area contributed by atoms with Gasteiger partial charge in [0.1, 0.15) is 0 Å². The van der Waals surface area contributed by atoms with Crippen molar-refractivity contribution in [1.82, 2.24) is 0 Å². The number of unbranched alkanes of at least 4 members (excludes halogenated alkanes) is 39. The number of benzene rings is 3. The molecule has 0 N–H and O–H groups in total. The fourth-order valence-electron chi connectivity index (χ4n) is 10.6. The zero-order valence-electron chi connectivity index (χ0n) is 45.6. The molecule has 0 bridgehead atoms. The molecule has 0 spiro atoms. The van der Waals surface area contributed by atoms with Gasteiger partial charge in [0.2, 0.25) is 0 Å². The molecule has 0 aromatic heterocycles. The average Bonchev–Trinajstić information content (AvgIpc) is 3.37. The number of hydrogen-bond acceptors (Lipinski definition) is 1. The first-order chi connectivity index (χ1) is 33.6. The van der Waals surface area contributed by atoms with Crippen LogP contribution in [-0.4, -0.2) is 0 Å². The van der Waals surface area contributed by atoms with Gasteiger partial charge >= 0.3 is 0 Å². The highest BCUT2D eigenvalue weighted by atomic mass is 31.2. The van der Waals surface area contributed by atoms with Gasteiger partial charge < -0.3 is 4.57 Å². The molecule has 0 aliphatic rings. The predicted octanol–water partition coefficient (Wildman–Crippen LogP) is 21.4. The highest BCUT2D eigenvalue weighted by Crippen LogP contribution is 2.42. The minimum absolute atomic E-state index is 0.974. The van der Waals surface area contributed by atoms with Gasteiger partial charge in [-0.2, -0.15) is 0 Å². The molecule has 0 heterocycles.